The van der Waals surface area contributed by atoms with Gasteiger partial charge in [-0.2, -0.15) is 0 Å². The summed E-state index contributed by atoms with van der Waals surface area (Å²) in [4.78, 5) is 14.8. The minimum Gasteiger partial charge on any atom is -0.480 e. The number of nitrogen functional groups attached to an aromatic ring is 1. The molecule has 5 heteroatoms. The van der Waals surface area contributed by atoms with Crippen LogP contribution in [0.1, 0.15) is 29.4 Å². The first-order chi connectivity index (χ1) is 7.10. The number of nitrogens with zero attached hydrogens (tertiary/aromatic N) is 1. The van der Waals surface area contributed by atoms with Crippen LogP contribution in [-0.2, 0) is 6.42 Å². The maximum Gasteiger partial charge on any atom is 0.354 e. The van der Waals surface area contributed by atoms with Crippen LogP contribution in [0.3, 0.4) is 0 Å². The van der Waals surface area contributed by atoms with Gasteiger partial charge < -0.3 is 15.6 Å². The number of nitrogens with two attached hydrogens (primary N) is 1. The van der Waals surface area contributed by atoms with Gasteiger partial charge in [0.15, 0.2) is 5.69 Å². The summed E-state index contributed by atoms with van der Waals surface area (Å²) in [7, 11) is 1.41. The molecule has 0 aromatic carbocycles. The van der Waals surface area contributed by atoms with E-state index in [0.717, 1.165) is 6.42 Å². The number of anilines is 1. The SMILES string of the molecule is CCCc1cc(N)c(OC)nc1C(=O)O. The summed E-state index contributed by atoms with van der Waals surface area (Å²) in [6.45, 7) is 1.96. The molecule has 0 unspecified atom stereocenters. The molecule has 0 aliphatic carbocycles. The molecule has 1 heterocycles. The van der Waals surface area contributed by atoms with Crippen LogP contribution >= 0.6 is 0 Å². The van der Waals surface area contributed by atoms with Gasteiger partial charge in [0.1, 0.15) is 0 Å². The van der Waals surface area contributed by atoms with Crippen molar-refractivity contribution in [3.8, 4) is 5.88 Å². The van der Waals surface area contributed by atoms with Gasteiger partial charge in [0.2, 0.25) is 5.88 Å². The minimum atomic E-state index is -1.06. The molecule has 1 rings (SSSR count). The third-order valence-electron chi connectivity index (χ3n) is 2.01. The van der Waals surface area contributed by atoms with Gasteiger partial charge in [-0.05, 0) is 18.1 Å². The van der Waals surface area contributed by atoms with Crippen molar-refractivity contribution < 1.29 is 14.6 Å². The highest BCUT2D eigenvalue weighted by molar-refractivity contribution is 5.88. The number of pyridine rings is 1. The largest absolute Gasteiger partial charge is 0.480 e. The van der Waals surface area contributed by atoms with Crippen LogP contribution in [0.5, 0.6) is 5.88 Å². The van der Waals surface area contributed by atoms with E-state index >= 15 is 0 Å². The molecule has 82 valence electrons. The molecule has 0 saturated carbocycles. The highest BCUT2D eigenvalue weighted by Gasteiger charge is 2.15. The van der Waals surface area contributed by atoms with Crippen LogP contribution in [0.4, 0.5) is 5.69 Å². The zero-order valence-electron chi connectivity index (χ0n) is 8.78. The predicted octanol–water partition coefficient (Wildman–Crippen LogP) is 1.32. The van der Waals surface area contributed by atoms with Crippen molar-refractivity contribution in [3.05, 3.63) is 17.3 Å². The summed E-state index contributed by atoms with van der Waals surface area (Å²) in [6.07, 6.45) is 1.48. The summed E-state index contributed by atoms with van der Waals surface area (Å²) >= 11 is 0. The van der Waals surface area contributed by atoms with Crippen LogP contribution in [0.25, 0.3) is 0 Å². The van der Waals surface area contributed by atoms with Crippen molar-refractivity contribution in [2.75, 3.05) is 12.8 Å². The number of carboxylic acids is 1. The van der Waals surface area contributed by atoms with Gasteiger partial charge >= 0.3 is 5.97 Å². The van der Waals surface area contributed by atoms with Crippen LogP contribution < -0.4 is 10.5 Å². The average Bonchev–Trinajstić information content (AvgIpc) is 2.18. The maximum absolute atomic E-state index is 10.9. The Hall–Kier alpha value is -1.78. The Balaban J connectivity index is 3.25. The highest BCUT2D eigenvalue weighted by Crippen LogP contribution is 2.22. The van der Waals surface area contributed by atoms with Crippen molar-refractivity contribution in [1.29, 1.82) is 0 Å². The Labute approximate surface area is 87.9 Å². The fraction of sp³-hybridized carbons (Fsp3) is 0.400. The summed E-state index contributed by atoms with van der Waals surface area (Å²) in [5.41, 5.74) is 6.68. The van der Waals surface area contributed by atoms with Gasteiger partial charge in [-0.25, -0.2) is 9.78 Å². The molecule has 5 nitrogen and oxygen atoms in total. The number of carboxylic acid groups (broad SMARTS) is 1. The number of hydrogen-bond donors (Lipinski definition) is 2. The predicted molar refractivity (Wildman–Crippen MR) is 56.2 cm³/mol. The monoisotopic (exact) mass is 210 g/mol. The van der Waals surface area contributed by atoms with Crippen LogP contribution in [0, 0.1) is 0 Å². The van der Waals surface area contributed by atoms with E-state index in [0.29, 0.717) is 17.7 Å². The number of carbonyl (C=O) groups is 1. The molecule has 0 aliphatic heterocycles. The molecule has 0 aliphatic rings. The number of aromatic nitrogens is 1. The lowest BCUT2D eigenvalue weighted by Crippen LogP contribution is -2.09. The van der Waals surface area contributed by atoms with E-state index in [1.165, 1.54) is 7.11 Å². The molecule has 1 aromatic rings. The lowest BCUT2D eigenvalue weighted by molar-refractivity contribution is 0.0688. The molecule has 0 bridgehead atoms. The zero-order valence-corrected chi connectivity index (χ0v) is 8.78. The Bertz CT molecular complexity index is 377. The molecule has 0 fully saturated rings. The molecule has 3 N–H and O–H groups in total. The van der Waals surface area contributed by atoms with Crippen molar-refractivity contribution in [1.82, 2.24) is 4.98 Å². The van der Waals surface area contributed by atoms with Gasteiger partial charge in [0, 0.05) is 0 Å². The second-order valence-corrected chi connectivity index (χ2v) is 3.15. The molecule has 1 aromatic heterocycles. The van der Waals surface area contributed by atoms with Crippen molar-refractivity contribution in [2.45, 2.75) is 19.8 Å². The lowest BCUT2D eigenvalue weighted by atomic mass is 10.1. The zero-order chi connectivity index (χ0) is 11.4. The van der Waals surface area contributed by atoms with Crippen LogP contribution in [0.2, 0.25) is 0 Å². The average molecular weight is 210 g/mol. The molecular weight excluding hydrogens is 196 g/mol. The lowest BCUT2D eigenvalue weighted by Gasteiger charge is -2.08. The normalized spacial score (nSPS) is 10.0. The second kappa shape index (κ2) is 4.63. The highest BCUT2D eigenvalue weighted by atomic mass is 16.5. The van der Waals surface area contributed by atoms with Gasteiger partial charge in [0.05, 0.1) is 12.8 Å². The summed E-state index contributed by atoms with van der Waals surface area (Å²) in [5.74, 6) is -0.899. The Kier molecular flexibility index (Phi) is 3.49. The quantitative estimate of drug-likeness (QED) is 0.782. The molecule has 0 amide bonds. The number of aryl methyl sites for hydroxylation is 1. The summed E-state index contributed by atoms with van der Waals surface area (Å²) in [5, 5.41) is 8.94. The number of methoxy groups -OCH3 is 1. The Morgan fingerprint density at radius 1 is 1.67 bits per heavy atom. The van der Waals surface area contributed by atoms with E-state index in [-0.39, 0.29) is 11.6 Å². The summed E-state index contributed by atoms with van der Waals surface area (Å²) in [6, 6.07) is 1.61. The van der Waals surface area contributed by atoms with E-state index in [4.69, 9.17) is 15.6 Å². The fourth-order valence-corrected chi connectivity index (χ4v) is 1.36. The first-order valence-electron chi connectivity index (χ1n) is 4.66. The van der Waals surface area contributed by atoms with Gasteiger partial charge in [0.25, 0.3) is 0 Å². The van der Waals surface area contributed by atoms with E-state index < -0.39 is 5.97 Å². The molecule has 15 heavy (non-hydrogen) atoms. The molecule has 0 spiro atoms. The van der Waals surface area contributed by atoms with Crippen LogP contribution in [0.15, 0.2) is 6.07 Å². The van der Waals surface area contributed by atoms with E-state index in [9.17, 15) is 4.79 Å². The van der Waals surface area contributed by atoms with Crippen molar-refractivity contribution in [2.24, 2.45) is 0 Å². The Morgan fingerprint density at radius 2 is 2.33 bits per heavy atom. The number of hydrogen-bond acceptors (Lipinski definition) is 4. The smallest absolute Gasteiger partial charge is 0.354 e. The van der Waals surface area contributed by atoms with E-state index in [2.05, 4.69) is 4.98 Å². The summed E-state index contributed by atoms with van der Waals surface area (Å²) < 4.78 is 4.87. The maximum atomic E-state index is 10.9. The van der Waals surface area contributed by atoms with Crippen molar-refractivity contribution in [3.63, 3.8) is 0 Å². The van der Waals surface area contributed by atoms with E-state index in [1.54, 1.807) is 6.07 Å². The standard InChI is InChI=1S/C10H14N2O3/c1-3-4-6-5-7(11)9(15-2)12-8(6)10(13)14/h5H,3-4,11H2,1-2H3,(H,13,14). The Morgan fingerprint density at radius 3 is 2.80 bits per heavy atom. The van der Waals surface area contributed by atoms with Gasteiger partial charge in [-0.1, -0.05) is 13.3 Å². The van der Waals surface area contributed by atoms with E-state index in [1.807, 2.05) is 6.92 Å². The molecule has 0 saturated heterocycles. The number of ether oxygens (including phenoxy) is 1. The van der Waals surface area contributed by atoms with Gasteiger partial charge in [-0.3, -0.25) is 0 Å². The number of rotatable bonds is 4. The minimum absolute atomic E-state index is 0.0166. The third-order valence-corrected chi connectivity index (χ3v) is 2.01. The topological polar surface area (TPSA) is 85.4 Å². The van der Waals surface area contributed by atoms with Gasteiger partial charge in [-0.15, -0.1) is 0 Å². The third kappa shape index (κ3) is 2.37. The van der Waals surface area contributed by atoms with Crippen LogP contribution in [-0.4, -0.2) is 23.2 Å². The number of aromatic carboxylic acids is 1. The molecule has 0 radical (unpaired) electrons. The first kappa shape index (κ1) is 11.3. The second-order valence-electron chi connectivity index (χ2n) is 3.15. The molecule has 0 atom stereocenters. The first-order valence-corrected chi connectivity index (χ1v) is 4.66. The van der Waals surface area contributed by atoms with Crippen molar-refractivity contribution >= 4 is 11.7 Å². The fourth-order valence-electron chi connectivity index (χ4n) is 1.36. The molecular formula is C10H14N2O3.